The molecule has 0 heterocycles. The van der Waals surface area contributed by atoms with Crippen LogP contribution >= 0.6 is 0 Å². The largest absolute Gasteiger partial charge is 0.310 e. The molecule has 0 spiro atoms. The molecule has 2 unspecified atom stereocenters. The SMILES string of the molecule is CC1(C)c2ccccc2-c2ccc(N(c3ccc(-c4ccc(C5=CCCC=C5)cc4)cc3)c3ccc4c(c3)C(c3ccccc3)(C3C=CC=CC3)c3ccccc3-4)cc21. The maximum absolute atomic E-state index is 2.52. The summed E-state index contributed by atoms with van der Waals surface area (Å²) in [5.74, 6) is 0.261. The van der Waals surface area contributed by atoms with E-state index in [1.807, 2.05) is 0 Å². The highest BCUT2D eigenvalue weighted by Crippen LogP contribution is 2.59. The molecular formula is C58H47N. The lowest BCUT2D eigenvalue weighted by Crippen LogP contribution is -2.35. The van der Waals surface area contributed by atoms with Crippen molar-refractivity contribution in [3.05, 3.63) is 240 Å². The monoisotopic (exact) mass is 757 g/mol. The number of nitrogens with zero attached hydrogens (tertiary/aromatic N) is 1. The van der Waals surface area contributed by atoms with Gasteiger partial charge in [-0.25, -0.2) is 0 Å². The summed E-state index contributed by atoms with van der Waals surface area (Å²) in [5, 5.41) is 0. The Bertz CT molecular complexity index is 2870. The van der Waals surface area contributed by atoms with E-state index in [0.717, 1.165) is 36.3 Å². The van der Waals surface area contributed by atoms with Gasteiger partial charge < -0.3 is 4.90 Å². The van der Waals surface area contributed by atoms with Crippen molar-refractivity contribution in [1.29, 1.82) is 0 Å². The minimum atomic E-state index is -0.350. The van der Waals surface area contributed by atoms with E-state index in [0.29, 0.717) is 0 Å². The van der Waals surface area contributed by atoms with Crippen molar-refractivity contribution in [2.75, 3.05) is 4.90 Å². The highest BCUT2D eigenvalue weighted by Gasteiger charge is 2.49. The molecule has 1 nitrogen and oxygen atoms in total. The molecule has 0 fully saturated rings. The molecule has 4 aliphatic carbocycles. The van der Waals surface area contributed by atoms with E-state index < -0.39 is 0 Å². The van der Waals surface area contributed by atoms with Crippen molar-refractivity contribution in [3.63, 3.8) is 0 Å². The van der Waals surface area contributed by atoms with E-state index in [1.54, 1.807) is 0 Å². The van der Waals surface area contributed by atoms with Crippen LogP contribution in [-0.4, -0.2) is 0 Å². The van der Waals surface area contributed by atoms with E-state index in [4.69, 9.17) is 0 Å². The quantitative estimate of drug-likeness (QED) is 0.157. The lowest BCUT2D eigenvalue weighted by Gasteiger charge is -2.40. The topological polar surface area (TPSA) is 3.24 Å². The average Bonchev–Trinajstić information content (AvgIpc) is 3.73. The van der Waals surface area contributed by atoms with Crippen molar-refractivity contribution in [3.8, 4) is 33.4 Å². The molecule has 7 aromatic carbocycles. The van der Waals surface area contributed by atoms with Gasteiger partial charge in [0.05, 0.1) is 5.41 Å². The molecule has 2 atom stereocenters. The average molecular weight is 758 g/mol. The first-order valence-electron chi connectivity index (χ1n) is 21.3. The van der Waals surface area contributed by atoms with Gasteiger partial charge in [-0.05, 0) is 134 Å². The minimum Gasteiger partial charge on any atom is -0.310 e. The van der Waals surface area contributed by atoms with Crippen molar-refractivity contribution in [2.24, 2.45) is 5.92 Å². The highest BCUT2D eigenvalue weighted by atomic mass is 15.1. The van der Waals surface area contributed by atoms with Gasteiger partial charge in [0, 0.05) is 22.5 Å². The van der Waals surface area contributed by atoms with Gasteiger partial charge in [0.15, 0.2) is 0 Å². The predicted molar refractivity (Wildman–Crippen MR) is 249 cm³/mol. The third kappa shape index (κ3) is 5.59. The lowest BCUT2D eigenvalue weighted by molar-refractivity contribution is 0.457. The van der Waals surface area contributed by atoms with E-state index in [9.17, 15) is 0 Å². The smallest absolute Gasteiger partial charge is 0.0529 e. The molecule has 0 radical (unpaired) electrons. The summed E-state index contributed by atoms with van der Waals surface area (Å²) in [6, 6.07) is 62.0. The Kier molecular flexibility index (Phi) is 8.41. The molecule has 4 aliphatic rings. The first kappa shape index (κ1) is 35.5. The van der Waals surface area contributed by atoms with Gasteiger partial charge in [-0.15, -0.1) is 0 Å². The first-order chi connectivity index (χ1) is 29.0. The van der Waals surface area contributed by atoms with Crippen LogP contribution < -0.4 is 4.90 Å². The van der Waals surface area contributed by atoms with Crippen LogP contribution in [0.25, 0.3) is 39.0 Å². The van der Waals surface area contributed by atoms with Crippen LogP contribution in [0.2, 0.25) is 0 Å². The summed E-state index contributed by atoms with van der Waals surface area (Å²) >= 11 is 0. The zero-order valence-electron chi connectivity index (χ0n) is 33.8. The Morgan fingerprint density at radius 2 is 1.05 bits per heavy atom. The van der Waals surface area contributed by atoms with E-state index in [-0.39, 0.29) is 16.7 Å². The number of hydrogen-bond acceptors (Lipinski definition) is 1. The Morgan fingerprint density at radius 3 is 1.73 bits per heavy atom. The molecule has 284 valence electrons. The van der Waals surface area contributed by atoms with Crippen molar-refractivity contribution in [2.45, 2.75) is 43.9 Å². The van der Waals surface area contributed by atoms with Crippen LogP contribution in [0.1, 0.15) is 66.5 Å². The number of allylic oxidation sites excluding steroid dienone is 8. The molecule has 0 saturated heterocycles. The maximum Gasteiger partial charge on any atom is 0.0529 e. The van der Waals surface area contributed by atoms with Gasteiger partial charge in [-0.2, -0.15) is 0 Å². The summed E-state index contributed by atoms with van der Waals surface area (Å²) in [7, 11) is 0. The van der Waals surface area contributed by atoms with Crippen molar-refractivity contribution >= 4 is 22.6 Å². The van der Waals surface area contributed by atoms with Crippen molar-refractivity contribution < 1.29 is 0 Å². The second-order valence-corrected chi connectivity index (χ2v) is 17.1. The second-order valence-electron chi connectivity index (χ2n) is 17.1. The molecule has 59 heavy (non-hydrogen) atoms. The minimum absolute atomic E-state index is 0.115. The second kappa shape index (κ2) is 14.0. The third-order valence-corrected chi connectivity index (χ3v) is 13.6. The molecule has 1 heteroatoms. The first-order valence-corrected chi connectivity index (χ1v) is 21.3. The summed E-state index contributed by atoms with van der Waals surface area (Å²) in [4.78, 5) is 2.49. The number of anilines is 3. The lowest BCUT2D eigenvalue weighted by atomic mass is 9.62. The van der Waals surface area contributed by atoms with Crippen LogP contribution in [0.3, 0.4) is 0 Å². The summed E-state index contributed by atoms with van der Waals surface area (Å²) < 4.78 is 0. The van der Waals surface area contributed by atoms with E-state index in [1.165, 1.54) is 72.3 Å². The fraction of sp³-hybridized carbons (Fsp3) is 0.138. The molecule has 0 bridgehead atoms. The number of rotatable bonds is 7. The van der Waals surface area contributed by atoms with Gasteiger partial charge in [0.2, 0.25) is 0 Å². The fourth-order valence-electron chi connectivity index (χ4n) is 10.7. The Hall–Kier alpha value is -6.70. The van der Waals surface area contributed by atoms with E-state index in [2.05, 4.69) is 225 Å². The molecule has 0 saturated carbocycles. The molecule has 0 amide bonds. The van der Waals surface area contributed by atoms with Gasteiger partial charge in [0.25, 0.3) is 0 Å². The molecule has 7 aromatic rings. The zero-order valence-corrected chi connectivity index (χ0v) is 33.8. The van der Waals surface area contributed by atoms with Crippen molar-refractivity contribution in [1.82, 2.24) is 0 Å². The molecule has 0 aliphatic heterocycles. The molecular weight excluding hydrogens is 711 g/mol. The zero-order chi connectivity index (χ0) is 39.6. The summed E-state index contributed by atoms with van der Waals surface area (Å²) in [6.07, 6.45) is 19.3. The maximum atomic E-state index is 2.52. The number of benzene rings is 7. The third-order valence-electron chi connectivity index (χ3n) is 13.6. The Morgan fingerprint density at radius 1 is 0.475 bits per heavy atom. The van der Waals surface area contributed by atoms with Gasteiger partial charge in [-0.1, -0.05) is 184 Å². The summed E-state index contributed by atoms with van der Waals surface area (Å²) in [5.41, 5.74) is 20.2. The Labute approximate surface area is 349 Å². The summed E-state index contributed by atoms with van der Waals surface area (Å²) in [6.45, 7) is 4.75. The van der Waals surface area contributed by atoms with Crippen LogP contribution in [-0.2, 0) is 10.8 Å². The molecule has 0 aromatic heterocycles. The van der Waals surface area contributed by atoms with Gasteiger partial charge in [-0.3, -0.25) is 0 Å². The molecule has 0 N–H and O–H groups in total. The Balaban J connectivity index is 1.08. The van der Waals surface area contributed by atoms with Crippen LogP contribution in [0.4, 0.5) is 17.1 Å². The standard InChI is InChI=1S/C58H47N/c1-57(2)53-24-14-12-22-49(53)51-36-34-47(38-55(51)57)59(46-32-30-43(31-33-46)42-28-26-41(27-29-42)40-16-6-3-7-17-40)48-35-37-52-50-23-13-15-25-54(50)58(56(52)39-48,44-18-8-4-9-19-44)45-20-10-5-11-21-45/h4-6,8-20,22-39,45H,3,7,21H2,1-2H3. The van der Waals surface area contributed by atoms with Crippen LogP contribution in [0.15, 0.2) is 206 Å². The number of fused-ring (bicyclic) bond motifs is 6. The fourth-order valence-corrected chi connectivity index (χ4v) is 10.7. The highest BCUT2D eigenvalue weighted by molar-refractivity contribution is 5.90. The predicted octanol–water partition coefficient (Wildman–Crippen LogP) is 15.3. The van der Waals surface area contributed by atoms with Gasteiger partial charge in [0.1, 0.15) is 0 Å². The van der Waals surface area contributed by atoms with Gasteiger partial charge >= 0.3 is 0 Å². The van der Waals surface area contributed by atoms with E-state index >= 15 is 0 Å². The van der Waals surface area contributed by atoms with Crippen LogP contribution in [0, 0.1) is 5.92 Å². The normalized spacial score (nSPS) is 19.1. The molecule has 11 rings (SSSR count). The van der Waals surface area contributed by atoms with Crippen LogP contribution in [0.5, 0.6) is 0 Å². The number of hydrogen-bond donors (Lipinski definition) is 0.